The van der Waals surface area contributed by atoms with Crippen molar-refractivity contribution in [2.75, 3.05) is 19.7 Å². The monoisotopic (exact) mass is 285 g/mol. The van der Waals surface area contributed by atoms with Gasteiger partial charge in [0.1, 0.15) is 5.15 Å². The molecule has 4 nitrogen and oxygen atoms in total. The van der Waals surface area contributed by atoms with Crippen molar-refractivity contribution < 1.29 is 5.11 Å². The Balaban J connectivity index is 1.99. The Labute approximate surface area is 120 Å². The number of aliphatic hydroxyl groups excluding tert-OH is 1. The SMILES string of the molecule is CCC1(CO)CCN(Cc2c(C)nn(C)c2Cl)CC1. The number of hydrogen-bond acceptors (Lipinski definition) is 3. The molecular weight excluding hydrogens is 262 g/mol. The van der Waals surface area contributed by atoms with E-state index in [1.165, 1.54) is 0 Å². The van der Waals surface area contributed by atoms with Crippen LogP contribution in [0.25, 0.3) is 0 Å². The van der Waals surface area contributed by atoms with E-state index in [1.807, 2.05) is 14.0 Å². The predicted molar refractivity (Wildman–Crippen MR) is 77.3 cm³/mol. The first-order chi connectivity index (χ1) is 9.01. The Morgan fingerprint density at radius 3 is 2.42 bits per heavy atom. The summed E-state index contributed by atoms with van der Waals surface area (Å²) < 4.78 is 1.74. The van der Waals surface area contributed by atoms with Crippen LogP contribution in [-0.4, -0.2) is 39.5 Å². The quantitative estimate of drug-likeness (QED) is 0.923. The first-order valence-electron chi connectivity index (χ1n) is 7.02. The third kappa shape index (κ3) is 2.96. The molecule has 5 heteroatoms. The second kappa shape index (κ2) is 5.81. The lowest BCUT2D eigenvalue weighted by atomic mass is 9.77. The summed E-state index contributed by atoms with van der Waals surface area (Å²) in [7, 11) is 1.88. The zero-order chi connectivity index (χ0) is 14.0. The molecule has 0 aliphatic carbocycles. The second-order valence-electron chi connectivity index (χ2n) is 5.77. The molecule has 0 amide bonds. The predicted octanol–water partition coefficient (Wildman–Crippen LogP) is 2.37. The molecule has 108 valence electrons. The minimum absolute atomic E-state index is 0.143. The normalized spacial score (nSPS) is 19.8. The highest BCUT2D eigenvalue weighted by Gasteiger charge is 2.32. The topological polar surface area (TPSA) is 41.3 Å². The van der Waals surface area contributed by atoms with Crippen molar-refractivity contribution in [2.45, 2.75) is 39.7 Å². The van der Waals surface area contributed by atoms with Gasteiger partial charge in [-0.1, -0.05) is 18.5 Å². The largest absolute Gasteiger partial charge is 0.396 e. The van der Waals surface area contributed by atoms with E-state index in [2.05, 4.69) is 16.9 Å². The number of aryl methyl sites for hydroxylation is 2. The highest BCUT2D eigenvalue weighted by Crippen LogP contribution is 2.35. The number of halogens is 1. The Morgan fingerprint density at radius 2 is 2.00 bits per heavy atom. The molecule has 0 saturated carbocycles. The highest BCUT2D eigenvalue weighted by molar-refractivity contribution is 6.30. The van der Waals surface area contributed by atoms with Crippen molar-refractivity contribution in [3.8, 4) is 0 Å². The lowest BCUT2D eigenvalue weighted by molar-refractivity contribution is 0.0382. The fraction of sp³-hybridized carbons (Fsp3) is 0.786. The number of hydrogen-bond donors (Lipinski definition) is 1. The Bertz CT molecular complexity index is 430. The summed E-state index contributed by atoms with van der Waals surface area (Å²) >= 11 is 6.28. The maximum Gasteiger partial charge on any atom is 0.131 e. The van der Waals surface area contributed by atoms with Gasteiger partial charge in [0, 0.05) is 25.8 Å². The molecule has 1 aliphatic rings. The smallest absolute Gasteiger partial charge is 0.131 e. The summed E-state index contributed by atoms with van der Waals surface area (Å²) in [4.78, 5) is 2.42. The summed E-state index contributed by atoms with van der Waals surface area (Å²) in [6, 6.07) is 0. The number of aromatic nitrogens is 2. The number of aliphatic hydroxyl groups is 1. The third-order valence-corrected chi connectivity index (χ3v) is 5.13. The summed E-state index contributed by atoms with van der Waals surface area (Å²) in [5.41, 5.74) is 2.30. The maximum atomic E-state index is 9.56. The summed E-state index contributed by atoms with van der Waals surface area (Å²) in [6.45, 7) is 7.41. The van der Waals surface area contributed by atoms with Crippen molar-refractivity contribution in [2.24, 2.45) is 12.5 Å². The highest BCUT2D eigenvalue weighted by atomic mass is 35.5. The number of likely N-dealkylation sites (tertiary alicyclic amines) is 1. The van der Waals surface area contributed by atoms with E-state index in [1.54, 1.807) is 4.68 Å². The van der Waals surface area contributed by atoms with Crippen LogP contribution in [-0.2, 0) is 13.6 Å². The molecule has 0 atom stereocenters. The molecule has 2 heterocycles. The molecule has 1 N–H and O–H groups in total. The van der Waals surface area contributed by atoms with Gasteiger partial charge in [-0.3, -0.25) is 9.58 Å². The lowest BCUT2D eigenvalue weighted by Crippen LogP contribution is -2.41. The van der Waals surface area contributed by atoms with Gasteiger partial charge in [-0.25, -0.2) is 0 Å². The van der Waals surface area contributed by atoms with Gasteiger partial charge in [-0.05, 0) is 44.7 Å². The van der Waals surface area contributed by atoms with Gasteiger partial charge in [0.25, 0.3) is 0 Å². The summed E-state index contributed by atoms with van der Waals surface area (Å²) in [6.07, 6.45) is 3.19. The average Bonchev–Trinajstić information content (AvgIpc) is 2.66. The minimum atomic E-state index is 0.143. The molecule has 2 rings (SSSR count). The fourth-order valence-electron chi connectivity index (χ4n) is 2.89. The standard InChI is InChI=1S/C14H24ClN3O/c1-4-14(10-19)5-7-18(8-6-14)9-12-11(2)16-17(3)13(12)15/h19H,4-10H2,1-3H3. The van der Waals surface area contributed by atoms with E-state index in [4.69, 9.17) is 11.6 Å². The van der Waals surface area contributed by atoms with Crippen molar-refractivity contribution >= 4 is 11.6 Å². The molecule has 1 fully saturated rings. The van der Waals surface area contributed by atoms with E-state index in [9.17, 15) is 5.11 Å². The van der Waals surface area contributed by atoms with Crippen LogP contribution in [0.1, 0.15) is 37.4 Å². The van der Waals surface area contributed by atoms with Gasteiger partial charge in [-0.2, -0.15) is 5.10 Å². The van der Waals surface area contributed by atoms with Gasteiger partial charge in [0.05, 0.1) is 5.69 Å². The molecule has 1 aromatic rings. The first-order valence-corrected chi connectivity index (χ1v) is 7.40. The van der Waals surface area contributed by atoms with Crippen LogP contribution < -0.4 is 0 Å². The average molecular weight is 286 g/mol. The molecule has 0 radical (unpaired) electrons. The number of nitrogens with zero attached hydrogens (tertiary/aromatic N) is 3. The maximum absolute atomic E-state index is 9.56. The molecule has 0 bridgehead atoms. The van der Waals surface area contributed by atoms with E-state index in [0.29, 0.717) is 6.61 Å². The zero-order valence-electron chi connectivity index (χ0n) is 12.1. The van der Waals surface area contributed by atoms with E-state index in [-0.39, 0.29) is 5.41 Å². The van der Waals surface area contributed by atoms with Crippen molar-refractivity contribution in [3.63, 3.8) is 0 Å². The molecule has 19 heavy (non-hydrogen) atoms. The van der Waals surface area contributed by atoms with Crippen LogP contribution in [0.4, 0.5) is 0 Å². The van der Waals surface area contributed by atoms with Crippen LogP contribution >= 0.6 is 11.6 Å². The van der Waals surface area contributed by atoms with E-state index < -0.39 is 0 Å². The van der Waals surface area contributed by atoms with Gasteiger partial charge in [0.2, 0.25) is 0 Å². The second-order valence-corrected chi connectivity index (χ2v) is 6.12. The van der Waals surface area contributed by atoms with Gasteiger partial charge >= 0.3 is 0 Å². The van der Waals surface area contributed by atoms with Crippen molar-refractivity contribution in [3.05, 3.63) is 16.4 Å². The molecule has 1 aliphatic heterocycles. The fourth-order valence-corrected chi connectivity index (χ4v) is 3.12. The van der Waals surface area contributed by atoms with Crippen molar-refractivity contribution in [1.29, 1.82) is 0 Å². The summed E-state index contributed by atoms with van der Waals surface area (Å²) in [5, 5.41) is 14.7. The van der Waals surface area contributed by atoms with Crippen molar-refractivity contribution in [1.82, 2.24) is 14.7 Å². The Morgan fingerprint density at radius 1 is 1.37 bits per heavy atom. The molecule has 0 unspecified atom stereocenters. The van der Waals surface area contributed by atoms with Crippen LogP contribution in [0.3, 0.4) is 0 Å². The lowest BCUT2D eigenvalue weighted by Gasteiger charge is -2.40. The number of rotatable bonds is 4. The summed E-state index contributed by atoms with van der Waals surface area (Å²) in [5.74, 6) is 0. The molecule has 0 aromatic carbocycles. The van der Waals surface area contributed by atoms with Crippen LogP contribution in [0, 0.1) is 12.3 Å². The van der Waals surface area contributed by atoms with E-state index >= 15 is 0 Å². The van der Waals surface area contributed by atoms with E-state index in [0.717, 1.165) is 55.3 Å². The molecule has 1 saturated heterocycles. The van der Waals surface area contributed by atoms with Crippen LogP contribution in [0.5, 0.6) is 0 Å². The Kier molecular flexibility index (Phi) is 4.54. The van der Waals surface area contributed by atoms with Crippen LogP contribution in [0.15, 0.2) is 0 Å². The minimum Gasteiger partial charge on any atom is -0.396 e. The van der Waals surface area contributed by atoms with Crippen LogP contribution in [0.2, 0.25) is 5.15 Å². The molecular formula is C14H24ClN3O. The Hall–Kier alpha value is -0.580. The first kappa shape index (κ1) is 14.8. The van der Waals surface area contributed by atoms with Gasteiger partial charge in [-0.15, -0.1) is 0 Å². The van der Waals surface area contributed by atoms with Gasteiger partial charge < -0.3 is 5.11 Å². The third-order valence-electron chi connectivity index (χ3n) is 4.65. The number of piperidine rings is 1. The molecule has 1 aromatic heterocycles. The molecule has 0 spiro atoms. The zero-order valence-corrected chi connectivity index (χ0v) is 12.9. The van der Waals surface area contributed by atoms with Gasteiger partial charge in [0.15, 0.2) is 0 Å².